The molecule has 0 spiro atoms. The molecule has 0 amide bonds. The molecule has 1 aromatic rings. The van der Waals surface area contributed by atoms with Crippen LogP contribution in [-0.4, -0.2) is 38.3 Å². The lowest BCUT2D eigenvalue weighted by Crippen LogP contribution is -2.34. The topological polar surface area (TPSA) is 73.9 Å². The van der Waals surface area contributed by atoms with Crippen molar-refractivity contribution in [3.63, 3.8) is 0 Å². The van der Waals surface area contributed by atoms with E-state index in [1.807, 2.05) is 0 Å². The maximum atomic E-state index is 11.8. The lowest BCUT2D eigenvalue weighted by Gasteiger charge is -2.15. The van der Waals surface area contributed by atoms with Gasteiger partial charge in [0.1, 0.15) is 12.4 Å². The van der Waals surface area contributed by atoms with E-state index in [0.717, 1.165) is 0 Å². The highest BCUT2D eigenvalue weighted by atomic mass is 16.6. The molecule has 1 aliphatic rings. The summed E-state index contributed by atoms with van der Waals surface area (Å²) >= 11 is 0. The van der Waals surface area contributed by atoms with Crippen molar-refractivity contribution in [1.82, 2.24) is 0 Å². The Morgan fingerprint density at radius 2 is 2.32 bits per heavy atom. The Kier molecular flexibility index (Phi) is 3.89. The van der Waals surface area contributed by atoms with Crippen LogP contribution < -0.4 is 10.1 Å². The Hall–Kier alpha value is -2.24. The highest BCUT2D eigenvalue weighted by molar-refractivity contribution is 5.98. The Morgan fingerprint density at radius 3 is 3.00 bits per heavy atom. The first-order chi connectivity index (χ1) is 9.15. The van der Waals surface area contributed by atoms with Crippen LogP contribution in [0.4, 0.5) is 5.69 Å². The molecule has 0 fully saturated rings. The second-order valence-electron chi connectivity index (χ2n) is 3.96. The van der Waals surface area contributed by atoms with Crippen molar-refractivity contribution >= 4 is 17.6 Å². The molecule has 1 heterocycles. The molecule has 1 N–H and O–H groups in total. The summed E-state index contributed by atoms with van der Waals surface area (Å²) < 4.78 is 15.0. The number of ether oxygens (including phenoxy) is 3. The Labute approximate surface area is 110 Å². The van der Waals surface area contributed by atoms with Crippen molar-refractivity contribution in [2.45, 2.75) is 13.0 Å². The second kappa shape index (κ2) is 5.60. The van der Waals surface area contributed by atoms with Gasteiger partial charge in [-0.05, 0) is 25.1 Å². The zero-order valence-corrected chi connectivity index (χ0v) is 10.8. The van der Waals surface area contributed by atoms with E-state index in [1.165, 1.54) is 7.11 Å². The van der Waals surface area contributed by atoms with E-state index in [0.29, 0.717) is 17.0 Å². The molecule has 0 bridgehead atoms. The van der Waals surface area contributed by atoms with Gasteiger partial charge in [-0.25, -0.2) is 9.59 Å². The maximum absolute atomic E-state index is 11.8. The van der Waals surface area contributed by atoms with E-state index in [2.05, 4.69) is 5.32 Å². The van der Waals surface area contributed by atoms with Gasteiger partial charge < -0.3 is 19.5 Å². The highest BCUT2D eigenvalue weighted by Crippen LogP contribution is 2.25. The van der Waals surface area contributed by atoms with Crippen LogP contribution in [0.25, 0.3) is 0 Å². The van der Waals surface area contributed by atoms with Gasteiger partial charge in [0, 0.05) is 5.69 Å². The predicted molar refractivity (Wildman–Crippen MR) is 67.3 cm³/mol. The van der Waals surface area contributed by atoms with Gasteiger partial charge >= 0.3 is 11.9 Å². The zero-order valence-electron chi connectivity index (χ0n) is 10.8. The SMILES string of the molecule is CCOC(=O)C1COC(=O)c2cc(OC)ccc2N1. The fourth-order valence-corrected chi connectivity index (χ4v) is 1.78. The molecule has 0 saturated carbocycles. The van der Waals surface area contributed by atoms with Crippen LogP contribution >= 0.6 is 0 Å². The molecule has 1 atom stereocenters. The van der Waals surface area contributed by atoms with Gasteiger partial charge in [-0.3, -0.25) is 0 Å². The lowest BCUT2D eigenvalue weighted by atomic mass is 10.1. The fourth-order valence-electron chi connectivity index (χ4n) is 1.78. The third kappa shape index (κ3) is 2.78. The Bertz CT molecular complexity index is 500. The van der Waals surface area contributed by atoms with Crippen LogP contribution in [0.2, 0.25) is 0 Å². The number of fused-ring (bicyclic) bond motifs is 1. The van der Waals surface area contributed by atoms with E-state index in [-0.39, 0.29) is 13.2 Å². The van der Waals surface area contributed by atoms with Crippen molar-refractivity contribution in [2.75, 3.05) is 25.6 Å². The third-order valence-electron chi connectivity index (χ3n) is 2.73. The molecule has 0 aromatic heterocycles. The summed E-state index contributed by atoms with van der Waals surface area (Å²) in [6.45, 7) is 1.94. The summed E-state index contributed by atoms with van der Waals surface area (Å²) in [5.74, 6) is -0.390. The summed E-state index contributed by atoms with van der Waals surface area (Å²) in [6, 6.07) is 4.25. The second-order valence-corrected chi connectivity index (χ2v) is 3.96. The first-order valence-electron chi connectivity index (χ1n) is 5.94. The molecule has 0 radical (unpaired) electrons. The normalized spacial score (nSPS) is 17.6. The summed E-state index contributed by atoms with van der Waals surface area (Å²) in [4.78, 5) is 23.5. The molecule has 6 heteroatoms. The quantitative estimate of drug-likeness (QED) is 0.828. The number of rotatable bonds is 3. The molecular weight excluding hydrogens is 250 g/mol. The predicted octanol–water partition coefficient (Wildman–Crippen LogP) is 1.21. The third-order valence-corrected chi connectivity index (χ3v) is 2.73. The van der Waals surface area contributed by atoms with Gasteiger partial charge in [0.15, 0.2) is 6.04 Å². The standard InChI is InChI=1S/C13H15NO5/c1-3-18-13(16)11-7-19-12(15)9-6-8(17-2)4-5-10(9)14-11/h4-6,11,14H,3,7H2,1-2H3. The molecule has 102 valence electrons. The van der Waals surface area contributed by atoms with Crippen molar-refractivity contribution in [1.29, 1.82) is 0 Å². The summed E-state index contributed by atoms with van der Waals surface area (Å²) in [7, 11) is 1.51. The molecule has 19 heavy (non-hydrogen) atoms. The van der Waals surface area contributed by atoms with Gasteiger partial charge in [0.25, 0.3) is 0 Å². The van der Waals surface area contributed by atoms with Gasteiger partial charge in [-0.2, -0.15) is 0 Å². The van der Waals surface area contributed by atoms with Crippen molar-refractivity contribution < 1.29 is 23.8 Å². The van der Waals surface area contributed by atoms with Crippen LogP contribution in [0.15, 0.2) is 18.2 Å². The zero-order chi connectivity index (χ0) is 13.8. The number of cyclic esters (lactones) is 1. The summed E-state index contributed by atoms with van der Waals surface area (Å²) in [5.41, 5.74) is 0.868. The van der Waals surface area contributed by atoms with Crippen LogP contribution in [0.1, 0.15) is 17.3 Å². The minimum absolute atomic E-state index is 0.0609. The molecule has 2 rings (SSSR count). The number of esters is 2. The summed E-state index contributed by atoms with van der Waals surface area (Å²) in [6.07, 6.45) is 0. The van der Waals surface area contributed by atoms with E-state index in [1.54, 1.807) is 25.1 Å². The number of carbonyl (C=O) groups is 2. The van der Waals surface area contributed by atoms with Crippen molar-refractivity contribution in [2.24, 2.45) is 0 Å². The average molecular weight is 265 g/mol. The first-order valence-corrected chi connectivity index (χ1v) is 5.94. The molecule has 6 nitrogen and oxygen atoms in total. The average Bonchev–Trinajstić information content (AvgIpc) is 2.58. The number of carbonyl (C=O) groups excluding carboxylic acids is 2. The molecular formula is C13H15NO5. The molecule has 0 saturated heterocycles. The largest absolute Gasteiger partial charge is 0.497 e. The minimum Gasteiger partial charge on any atom is -0.497 e. The van der Waals surface area contributed by atoms with Gasteiger partial charge in [-0.1, -0.05) is 0 Å². The lowest BCUT2D eigenvalue weighted by molar-refractivity contribution is -0.144. The number of nitrogens with one attached hydrogen (secondary N) is 1. The van der Waals surface area contributed by atoms with Crippen molar-refractivity contribution in [3.8, 4) is 5.75 Å². The minimum atomic E-state index is -0.696. The highest BCUT2D eigenvalue weighted by Gasteiger charge is 2.28. The van der Waals surface area contributed by atoms with E-state index in [9.17, 15) is 9.59 Å². The number of hydrogen-bond donors (Lipinski definition) is 1. The molecule has 1 unspecified atom stereocenters. The van der Waals surface area contributed by atoms with Crippen LogP contribution in [0.5, 0.6) is 5.75 Å². The fraction of sp³-hybridized carbons (Fsp3) is 0.385. The van der Waals surface area contributed by atoms with Crippen LogP contribution in [0, 0.1) is 0 Å². The number of anilines is 1. The van der Waals surface area contributed by atoms with Crippen molar-refractivity contribution in [3.05, 3.63) is 23.8 Å². The summed E-state index contributed by atoms with van der Waals surface area (Å²) in [5, 5.41) is 2.95. The Balaban J connectivity index is 2.27. The Morgan fingerprint density at radius 1 is 1.53 bits per heavy atom. The molecule has 1 aliphatic heterocycles. The van der Waals surface area contributed by atoms with E-state index < -0.39 is 18.0 Å². The molecule has 0 aliphatic carbocycles. The number of benzene rings is 1. The van der Waals surface area contributed by atoms with Gasteiger partial charge in [0.2, 0.25) is 0 Å². The van der Waals surface area contributed by atoms with Gasteiger partial charge in [0.05, 0.1) is 19.3 Å². The first kappa shape index (κ1) is 13.2. The van der Waals surface area contributed by atoms with Crippen LogP contribution in [0.3, 0.4) is 0 Å². The smallest absolute Gasteiger partial charge is 0.340 e. The number of methoxy groups -OCH3 is 1. The van der Waals surface area contributed by atoms with E-state index in [4.69, 9.17) is 14.2 Å². The monoisotopic (exact) mass is 265 g/mol. The van der Waals surface area contributed by atoms with E-state index >= 15 is 0 Å². The maximum Gasteiger partial charge on any atom is 0.340 e. The van der Waals surface area contributed by atoms with Gasteiger partial charge in [-0.15, -0.1) is 0 Å². The number of hydrogen-bond acceptors (Lipinski definition) is 6. The van der Waals surface area contributed by atoms with Crippen LogP contribution in [-0.2, 0) is 14.3 Å². The molecule has 1 aromatic carbocycles.